The summed E-state index contributed by atoms with van der Waals surface area (Å²) in [6.45, 7) is 0.822. The fraction of sp³-hybridized carbons (Fsp3) is 0.200. The standard InChI is InChI=1S/C20H18F3NO5S/c1-27-18-8-7-14(12-24-13-16-5-3-9-28-16)10-19(18)29-30(25,26)17-6-2-4-15(11-17)20(21,22)23/h2-11,24H,12-13H2,1H3. The molecule has 0 unspecified atom stereocenters. The second kappa shape index (κ2) is 8.80. The van der Waals surface area contributed by atoms with Crippen molar-refractivity contribution in [3.8, 4) is 11.5 Å². The maximum Gasteiger partial charge on any atom is 0.416 e. The Morgan fingerprint density at radius 3 is 2.47 bits per heavy atom. The van der Waals surface area contributed by atoms with E-state index in [1.807, 2.05) is 0 Å². The van der Waals surface area contributed by atoms with Crippen LogP contribution >= 0.6 is 0 Å². The SMILES string of the molecule is COc1ccc(CNCc2ccco2)cc1OS(=O)(=O)c1cccc(C(F)(F)F)c1. The Balaban J connectivity index is 1.80. The van der Waals surface area contributed by atoms with E-state index in [0.29, 0.717) is 24.7 Å². The van der Waals surface area contributed by atoms with Crippen LogP contribution in [0.1, 0.15) is 16.9 Å². The van der Waals surface area contributed by atoms with Crippen LogP contribution in [-0.2, 0) is 29.4 Å². The molecule has 1 heterocycles. The van der Waals surface area contributed by atoms with Crippen LogP contribution in [0.15, 0.2) is 70.2 Å². The summed E-state index contributed by atoms with van der Waals surface area (Å²) in [4.78, 5) is -0.610. The third-order valence-electron chi connectivity index (χ3n) is 4.09. The zero-order chi connectivity index (χ0) is 21.8. The molecule has 0 saturated heterocycles. The molecular weight excluding hydrogens is 423 g/mol. The number of ether oxygens (including phenoxy) is 1. The largest absolute Gasteiger partial charge is 0.493 e. The monoisotopic (exact) mass is 441 g/mol. The van der Waals surface area contributed by atoms with Gasteiger partial charge in [-0.2, -0.15) is 21.6 Å². The molecule has 0 amide bonds. The molecule has 0 atom stereocenters. The predicted octanol–water partition coefficient (Wildman–Crippen LogP) is 4.36. The lowest BCUT2D eigenvalue weighted by Gasteiger charge is -2.13. The Hall–Kier alpha value is -2.98. The molecule has 0 bridgehead atoms. The van der Waals surface area contributed by atoms with Crippen LogP contribution in [0.2, 0.25) is 0 Å². The Morgan fingerprint density at radius 1 is 1.00 bits per heavy atom. The van der Waals surface area contributed by atoms with Gasteiger partial charge < -0.3 is 18.7 Å². The van der Waals surface area contributed by atoms with Crippen molar-refractivity contribution in [2.75, 3.05) is 7.11 Å². The molecule has 0 fully saturated rings. The van der Waals surface area contributed by atoms with Crippen LogP contribution in [-0.4, -0.2) is 15.5 Å². The Kier molecular flexibility index (Phi) is 6.37. The topological polar surface area (TPSA) is 77.8 Å². The molecule has 0 spiro atoms. The van der Waals surface area contributed by atoms with Gasteiger partial charge in [0.1, 0.15) is 10.7 Å². The quantitative estimate of drug-likeness (QED) is 0.524. The Labute approximate surface area is 171 Å². The minimum absolute atomic E-state index is 0.125. The van der Waals surface area contributed by atoms with E-state index in [9.17, 15) is 21.6 Å². The first kappa shape index (κ1) is 21.7. The van der Waals surface area contributed by atoms with Crippen molar-refractivity contribution in [1.82, 2.24) is 5.32 Å². The average molecular weight is 441 g/mol. The molecular formula is C20H18F3NO5S. The summed E-state index contributed by atoms with van der Waals surface area (Å²) in [6.07, 6.45) is -3.13. The van der Waals surface area contributed by atoms with Crippen LogP contribution in [0, 0.1) is 0 Å². The number of methoxy groups -OCH3 is 1. The minimum atomic E-state index is -4.68. The lowest BCUT2D eigenvalue weighted by atomic mass is 10.2. The first-order valence-electron chi connectivity index (χ1n) is 8.71. The zero-order valence-corrected chi connectivity index (χ0v) is 16.6. The fourth-order valence-corrected chi connectivity index (χ4v) is 3.61. The third-order valence-corrected chi connectivity index (χ3v) is 5.32. The first-order chi connectivity index (χ1) is 14.2. The van der Waals surface area contributed by atoms with Gasteiger partial charge in [-0.25, -0.2) is 0 Å². The molecule has 2 aromatic carbocycles. The van der Waals surface area contributed by atoms with Crippen LogP contribution < -0.4 is 14.2 Å². The maximum absolute atomic E-state index is 12.9. The molecule has 0 aliphatic carbocycles. The average Bonchev–Trinajstić information content (AvgIpc) is 3.21. The Bertz CT molecular complexity index is 1100. The number of rotatable bonds is 8. The fourth-order valence-electron chi connectivity index (χ4n) is 2.63. The molecule has 3 rings (SSSR count). The molecule has 0 radical (unpaired) electrons. The van der Waals surface area contributed by atoms with Crippen LogP contribution in [0.4, 0.5) is 13.2 Å². The third kappa shape index (κ3) is 5.33. The van der Waals surface area contributed by atoms with E-state index >= 15 is 0 Å². The number of alkyl halides is 3. The van der Waals surface area contributed by atoms with E-state index in [-0.39, 0.29) is 11.5 Å². The molecule has 6 nitrogen and oxygen atoms in total. The maximum atomic E-state index is 12.9. The molecule has 3 aromatic rings. The van der Waals surface area contributed by atoms with Crippen molar-refractivity contribution in [2.24, 2.45) is 0 Å². The summed E-state index contributed by atoms with van der Waals surface area (Å²) in [5.41, 5.74) is -0.411. The summed E-state index contributed by atoms with van der Waals surface area (Å²) in [7, 11) is -3.19. The minimum Gasteiger partial charge on any atom is -0.493 e. The highest BCUT2D eigenvalue weighted by Crippen LogP contribution is 2.33. The normalized spacial score (nSPS) is 12.0. The molecule has 0 saturated carbocycles. The predicted molar refractivity (Wildman–Crippen MR) is 102 cm³/mol. The lowest BCUT2D eigenvalue weighted by molar-refractivity contribution is -0.137. The van der Waals surface area contributed by atoms with Crippen molar-refractivity contribution in [2.45, 2.75) is 24.2 Å². The number of benzene rings is 2. The van der Waals surface area contributed by atoms with Crippen molar-refractivity contribution >= 4 is 10.1 Å². The van der Waals surface area contributed by atoms with E-state index in [1.54, 1.807) is 24.5 Å². The van der Waals surface area contributed by atoms with Gasteiger partial charge in [0.2, 0.25) is 0 Å². The van der Waals surface area contributed by atoms with Gasteiger partial charge >= 0.3 is 16.3 Å². The van der Waals surface area contributed by atoms with E-state index in [2.05, 4.69) is 5.32 Å². The van der Waals surface area contributed by atoms with Crippen molar-refractivity contribution in [3.05, 3.63) is 77.7 Å². The summed E-state index contributed by atoms with van der Waals surface area (Å²) >= 11 is 0. The second-order valence-electron chi connectivity index (χ2n) is 6.23. The molecule has 160 valence electrons. The smallest absolute Gasteiger partial charge is 0.416 e. The van der Waals surface area contributed by atoms with Gasteiger partial charge in [-0.1, -0.05) is 12.1 Å². The van der Waals surface area contributed by atoms with Crippen LogP contribution in [0.3, 0.4) is 0 Å². The molecule has 30 heavy (non-hydrogen) atoms. The zero-order valence-electron chi connectivity index (χ0n) is 15.8. The van der Waals surface area contributed by atoms with Crippen molar-refractivity contribution in [1.29, 1.82) is 0 Å². The van der Waals surface area contributed by atoms with Gasteiger partial charge in [0.25, 0.3) is 0 Å². The van der Waals surface area contributed by atoms with Gasteiger partial charge in [-0.05, 0) is 48.0 Å². The van der Waals surface area contributed by atoms with Gasteiger partial charge in [0.15, 0.2) is 11.5 Å². The number of halogens is 3. The Morgan fingerprint density at radius 2 is 1.80 bits per heavy atom. The summed E-state index contributed by atoms with van der Waals surface area (Å²) in [6, 6.07) is 11.6. The van der Waals surface area contributed by atoms with E-state index in [0.717, 1.165) is 24.0 Å². The number of nitrogens with one attached hydrogen (secondary N) is 1. The number of hydrogen-bond donors (Lipinski definition) is 1. The molecule has 1 N–H and O–H groups in total. The van der Waals surface area contributed by atoms with E-state index < -0.39 is 26.8 Å². The van der Waals surface area contributed by atoms with Gasteiger partial charge in [0.05, 0.1) is 25.5 Å². The molecule has 0 aliphatic heterocycles. The van der Waals surface area contributed by atoms with E-state index in [1.165, 1.54) is 19.2 Å². The lowest BCUT2D eigenvalue weighted by Crippen LogP contribution is -2.14. The van der Waals surface area contributed by atoms with Crippen molar-refractivity contribution < 1.29 is 34.9 Å². The highest BCUT2D eigenvalue weighted by Gasteiger charge is 2.32. The summed E-state index contributed by atoms with van der Waals surface area (Å²) < 4.78 is 79.3. The summed E-state index contributed by atoms with van der Waals surface area (Å²) in [5.74, 6) is 0.722. The number of hydrogen-bond acceptors (Lipinski definition) is 6. The van der Waals surface area contributed by atoms with Gasteiger partial charge in [-0.15, -0.1) is 0 Å². The second-order valence-corrected chi connectivity index (χ2v) is 7.78. The first-order valence-corrected chi connectivity index (χ1v) is 10.1. The van der Waals surface area contributed by atoms with Crippen LogP contribution in [0.5, 0.6) is 11.5 Å². The molecule has 1 aromatic heterocycles. The highest BCUT2D eigenvalue weighted by molar-refractivity contribution is 7.87. The molecule has 0 aliphatic rings. The van der Waals surface area contributed by atoms with Crippen molar-refractivity contribution in [3.63, 3.8) is 0 Å². The summed E-state index contributed by atoms with van der Waals surface area (Å²) in [5, 5.41) is 3.12. The molecule has 10 heteroatoms. The van der Waals surface area contributed by atoms with Gasteiger partial charge in [-0.3, -0.25) is 0 Å². The van der Waals surface area contributed by atoms with E-state index in [4.69, 9.17) is 13.3 Å². The highest BCUT2D eigenvalue weighted by atomic mass is 32.2. The van der Waals surface area contributed by atoms with Crippen LogP contribution in [0.25, 0.3) is 0 Å². The van der Waals surface area contributed by atoms with Gasteiger partial charge in [0, 0.05) is 6.54 Å². The number of furan rings is 1.